The van der Waals surface area contributed by atoms with Crippen LogP contribution in [0.3, 0.4) is 0 Å². The van der Waals surface area contributed by atoms with Crippen molar-refractivity contribution in [2.75, 3.05) is 6.54 Å². The summed E-state index contributed by atoms with van der Waals surface area (Å²) < 4.78 is 35.1. The fraction of sp³-hybridized carbons (Fsp3) is 0.889. The van der Waals surface area contributed by atoms with E-state index in [1.165, 1.54) is 0 Å². The highest BCUT2D eigenvalue weighted by Crippen LogP contribution is 2.18. The minimum absolute atomic E-state index is 0.154. The van der Waals surface area contributed by atoms with Crippen LogP contribution in [0.4, 0.5) is 13.2 Å². The molecule has 3 N–H and O–H groups in total. The molecule has 0 saturated carbocycles. The maximum atomic E-state index is 11.7. The molecule has 0 rings (SSSR count). The summed E-state index contributed by atoms with van der Waals surface area (Å²) in [5, 5.41) is 2.20. The molecule has 0 spiro atoms. The third kappa shape index (κ3) is 11.1. The van der Waals surface area contributed by atoms with Gasteiger partial charge in [0.2, 0.25) is 5.91 Å². The molecule has 0 aromatic rings. The standard InChI is InChI=1S/C9H17F3N2O/c1-8(2,13)4-3-7(15)14-6-5-9(10,11)12/h3-6,13H2,1-2H3,(H,14,15). The zero-order valence-corrected chi connectivity index (χ0v) is 8.95. The Hall–Kier alpha value is -0.780. The third-order valence-corrected chi connectivity index (χ3v) is 1.73. The van der Waals surface area contributed by atoms with Gasteiger partial charge in [-0.3, -0.25) is 4.79 Å². The highest BCUT2D eigenvalue weighted by Gasteiger charge is 2.26. The van der Waals surface area contributed by atoms with Gasteiger partial charge in [0, 0.05) is 18.5 Å². The number of hydrogen-bond donors (Lipinski definition) is 2. The van der Waals surface area contributed by atoms with Crippen molar-refractivity contribution in [3.8, 4) is 0 Å². The van der Waals surface area contributed by atoms with Crippen molar-refractivity contribution in [3.05, 3.63) is 0 Å². The Morgan fingerprint density at radius 1 is 1.27 bits per heavy atom. The topological polar surface area (TPSA) is 55.1 Å². The summed E-state index contributed by atoms with van der Waals surface area (Å²) in [6, 6.07) is 0. The highest BCUT2D eigenvalue weighted by atomic mass is 19.4. The number of alkyl halides is 3. The van der Waals surface area contributed by atoms with E-state index in [0.29, 0.717) is 6.42 Å². The molecule has 0 unspecified atom stereocenters. The first kappa shape index (κ1) is 14.2. The number of nitrogens with one attached hydrogen (secondary N) is 1. The van der Waals surface area contributed by atoms with Crippen LogP contribution >= 0.6 is 0 Å². The minimum Gasteiger partial charge on any atom is -0.356 e. The molecule has 6 heteroatoms. The molecule has 0 saturated heterocycles. The lowest BCUT2D eigenvalue weighted by Gasteiger charge is -2.17. The van der Waals surface area contributed by atoms with E-state index in [4.69, 9.17) is 5.73 Å². The van der Waals surface area contributed by atoms with E-state index >= 15 is 0 Å². The zero-order valence-electron chi connectivity index (χ0n) is 8.95. The maximum Gasteiger partial charge on any atom is 0.390 e. The molecule has 0 fully saturated rings. The van der Waals surface area contributed by atoms with E-state index in [2.05, 4.69) is 5.32 Å². The maximum absolute atomic E-state index is 11.7. The fourth-order valence-electron chi connectivity index (χ4n) is 0.868. The molecule has 0 aliphatic heterocycles. The molecular formula is C9H17F3N2O. The first-order valence-electron chi connectivity index (χ1n) is 4.72. The van der Waals surface area contributed by atoms with Crippen molar-refractivity contribution in [1.82, 2.24) is 5.32 Å². The Labute approximate surface area is 87.2 Å². The van der Waals surface area contributed by atoms with Gasteiger partial charge in [0.15, 0.2) is 0 Å². The van der Waals surface area contributed by atoms with Crippen LogP contribution in [-0.2, 0) is 4.79 Å². The smallest absolute Gasteiger partial charge is 0.356 e. The van der Waals surface area contributed by atoms with E-state index in [0.717, 1.165) is 0 Å². The number of carbonyl (C=O) groups excluding carboxylic acids is 1. The second-order valence-electron chi connectivity index (χ2n) is 4.20. The first-order valence-corrected chi connectivity index (χ1v) is 4.72. The molecule has 0 atom stereocenters. The normalized spacial score (nSPS) is 12.7. The summed E-state index contributed by atoms with van der Waals surface area (Å²) in [5.74, 6) is -0.391. The van der Waals surface area contributed by atoms with Crippen molar-refractivity contribution in [1.29, 1.82) is 0 Å². The number of hydrogen-bond acceptors (Lipinski definition) is 2. The van der Waals surface area contributed by atoms with E-state index in [-0.39, 0.29) is 13.0 Å². The molecule has 0 aliphatic rings. The summed E-state index contributed by atoms with van der Waals surface area (Å²) in [6.45, 7) is 3.15. The molecule has 0 aromatic carbocycles. The summed E-state index contributed by atoms with van der Waals surface area (Å²) in [5.41, 5.74) is 5.15. The van der Waals surface area contributed by atoms with Crippen LogP contribution in [0.5, 0.6) is 0 Å². The Balaban J connectivity index is 3.60. The molecule has 0 heterocycles. The average molecular weight is 226 g/mol. The van der Waals surface area contributed by atoms with Crippen LogP contribution in [0.2, 0.25) is 0 Å². The van der Waals surface area contributed by atoms with Gasteiger partial charge in [-0.1, -0.05) is 0 Å². The third-order valence-electron chi connectivity index (χ3n) is 1.73. The zero-order chi connectivity index (χ0) is 12.1. The fourth-order valence-corrected chi connectivity index (χ4v) is 0.868. The van der Waals surface area contributed by atoms with Crippen molar-refractivity contribution in [3.63, 3.8) is 0 Å². The van der Waals surface area contributed by atoms with Crippen molar-refractivity contribution >= 4 is 5.91 Å². The summed E-state index contributed by atoms with van der Waals surface area (Å²) in [6.07, 6.45) is -4.61. The quantitative estimate of drug-likeness (QED) is 0.747. The van der Waals surface area contributed by atoms with Gasteiger partial charge in [0.1, 0.15) is 0 Å². The van der Waals surface area contributed by atoms with Gasteiger partial charge in [-0.25, -0.2) is 0 Å². The average Bonchev–Trinajstić information content (AvgIpc) is 1.97. The van der Waals surface area contributed by atoms with E-state index in [9.17, 15) is 18.0 Å². The minimum atomic E-state index is -4.22. The predicted octanol–water partition coefficient (Wildman–Crippen LogP) is 1.57. The van der Waals surface area contributed by atoms with Gasteiger partial charge in [-0.05, 0) is 20.3 Å². The first-order chi connectivity index (χ1) is 6.60. The number of carbonyl (C=O) groups is 1. The van der Waals surface area contributed by atoms with E-state index in [1.54, 1.807) is 13.8 Å². The Bertz CT molecular complexity index is 208. The summed E-state index contributed by atoms with van der Waals surface area (Å²) >= 11 is 0. The van der Waals surface area contributed by atoms with Crippen LogP contribution in [-0.4, -0.2) is 24.2 Å². The molecule has 90 valence electrons. The molecule has 1 amide bonds. The summed E-state index contributed by atoms with van der Waals surface area (Å²) in [7, 11) is 0. The molecule has 0 aliphatic carbocycles. The predicted molar refractivity (Wildman–Crippen MR) is 51.2 cm³/mol. The SMILES string of the molecule is CC(C)(N)CCC(=O)NCCC(F)(F)F. The number of halogens is 3. The molecule has 0 bridgehead atoms. The van der Waals surface area contributed by atoms with Crippen LogP contribution in [0.1, 0.15) is 33.1 Å². The van der Waals surface area contributed by atoms with Crippen LogP contribution in [0, 0.1) is 0 Å². The van der Waals surface area contributed by atoms with Crippen LogP contribution in [0.25, 0.3) is 0 Å². The lowest BCUT2D eigenvalue weighted by Crippen LogP contribution is -2.35. The number of amides is 1. The van der Waals surface area contributed by atoms with E-state index < -0.39 is 24.0 Å². The Morgan fingerprint density at radius 2 is 1.80 bits per heavy atom. The lowest BCUT2D eigenvalue weighted by molar-refractivity contribution is -0.135. The number of nitrogens with two attached hydrogens (primary N) is 1. The second-order valence-corrected chi connectivity index (χ2v) is 4.20. The van der Waals surface area contributed by atoms with Gasteiger partial charge in [-0.2, -0.15) is 13.2 Å². The lowest BCUT2D eigenvalue weighted by atomic mass is 10.00. The molecule has 15 heavy (non-hydrogen) atoms. The van der Waals surface area contributed by atoms with Gasteiger partial charge in [0.05, 0.1) is 6.42 Å². The van der Waals surface area contributed by atoms with Crippen molar-refractivity contribution < 1.29 is 18.0 Å². The monoisotopic (exact) mass is 226 g/mol. The number of rotatable bonds is 5. The summed E-state index contributed by atoms with van der Waals surface area (Å²) in [4.78, 5) is 11.0. The van der Waals surface area contributed by atoms with Gasteiger partial charge >= 0.3 is 6.18 Å². The highest BCUT2D eigenvalue weighted by molar-refractivity contribution is 5.75. The van der Waals surface area contributed by atoms with Crippen molar-refractivity contribution in [2.24, 2.45) is 5.73 Å². The Morgan fingerprint density at radius 3 is 2.20 bits per heavy atom. The van der Waals surface area contributed by atoms with Gasteiger partial charge in [0.25, 0.3) is 0 Å². The molecular weight excluding hydrogens is 209 g/mol. The Kier molecular flexibility index (Phi) is 5.07. The van der Waals surface area contributed by atoms with Gasteiger partial charge < -0.3 is 11.1 Å². The van der Waals surface area contributed by atoms with Gasteiger partial charge in [-0.15, -0.1) is 0 Å². The second kappa shape index (κ2) is 5.34. The molecule has 0 aromatic heterocycles. The largest absolute Gasteiger partial charge is 0.390 e. The molecule has 0 radical (unpaired) electrons. The molecule has 3 nitrogen and oxygen atoms in total. The van der Waals surface area contributed by atoms with Crippen molar-refractivity contribution in [2.45, 2.75) is 44.8 Å². The van der Waals surface area contributed by atoms with Crippen LogP contribution in [0.15, 0.2) is 0 Å². The van der Waals surface area contributed by atoms with E-state index in [1.807, 2.05) is 0 Å². The van der Waals surface area contributed by atoms with Crippen LogP contribution < -0.4 is 11.1 Å².